The van der Waals surface area contributed by atoms with Gasteiger partial charge in [0.25, 0.3) is 0 Å². The number of nitrogens with zero attached hydrogens (tertiary/aromatic N) is 1. The first-order valence-corrected chi connectivity index (χ1v) is 6.51. The number of hydrogen-bond donors (Lipinski definition) is 2. The minimum atomic E-state index is 0.183. The molecule has 0 aromatic carbocycles. The number of rotatable bonds is 9. The van der Waals surface area contributed by atoms with E-state index in [1.165, 1.54) is 0 Å². The van der Waals surface area contributed by atoms with Crippen LogP contribution in [0, 0.1) is 22.2 Å². The molecule has 0 saturated carbocycles. The van der Waals surface area contributed by atoms with Crippen molar-refractivity contribution < 1.29 is 5.11 Å². The zero-order chi connectivity index (χ0) is 13.4. The van der Waals surface area contributed by atoms with E-state index in [0.717, 1.165) is 32.4 Å². The fraction of sp³-hybridized carbons (Fsp3) is 0.929. The molecule has 0 heterocycles. The zero-order valence-electron chi connectivity index (χ0n) is 11.8. The average Bonchev–Trinajstić information content (AvgIpc) is 2.23. The highest BCUT2D eigenvalue weighted by atomic mass is 16.2. The summed E-state index contributed by atoms with van der Waals surface area (Å²) in [7, 11) is 0. The van der Waals surface area contributed by atoms with Gasteiger partial charge in [0, 0.05) is 26.1 Å². The van der Waals surface area contributed by atoms with Crippen LogP contribution in [0.15, 0.2) is 0 Å². The second-order valence-corrected chi connectivity index (χ2v) is 6.42. The third kappa shape index (κ3) is 9.14. The molecule has 0 rings (SSSR count). The summed E-state index contributed by atoms with van der Waals surface area (Å²) in [5.41, 5.74) is 0.414. The van der Waals surface area contributed by atoms with Crippen molar-refractivity contribution in [2.24, 2.45) is 10.8 Å². The van der Waals surface area contributed by atoms with Gasteiger partial charge in [0.2, 0.25) is 0 Å². The largest absolute Gasteiger partial charge is 0.396 e. The molecule has 2 N–H and O–H groups in total. The van der Waals surface area contributed by atoms with Gasteiger partial charge in [-0.05, 0) is 30.1 Å². The summed E-state index contributed by atoms with van der Waals surface area (Å²) in [6.07, 6.45) is 3.47. The van der Waals surface area contributed by atoms with E-state index in [1.54, 1.807) is 0 Å². The summed E-state index contributed by atoms with van der Waals surface area (Å²) >= 11 is 0. The van der Waals surface area contributed by atoms with E-state index in [4.69, 9.17) is 10.4 Å². The summed E-state index contributed by atoms with van der Waals surface area (Å²) in [4.78, 5) is 0. The summed E-state index contributed by atoms with van der Waals surface area (Å²) < 4.78 is 0. The first kappa shape index (κ1) is 16.4. The molecule has 3 heteroatoms. The molecule has 0 aliphatic rings. The second-order valence-electron chi connectivity index (χ2n) is 6.42. The lowest BCUT2D eigenvalue weighted by Crippen LogP contribution is -2.36. The quantitative estimate of drug-likeness (QED) is 0.651. The van der Waals surface area contributed by atoms with E-state index in [1.807, 2.05) is 0 Å². The number of nitriles is 1. The number of nitrogens with one attached hydrogen (secondary N) is 1. The van der Waals surface area contributed by atoms with Crippen LogP contribution < -0.4 is 5.32 Å². The van der Waals surface area contributed by atoms with Crippen LogP contribution >= 0.6 is 0 Å². The van der Waals surface area contributed by atoms with Crippen molar-refractivity contribution in [2.45, 2.75) is 53.4 Å². The summed E-state index contributed by atoms with van der Waals surface area (Å²) in [6, 6.07) is 2.20. The minimum Gasteiger partial charge on any atom is -0.396 e. The first-order chi connectivity index (χ1) is 7.83. The monoisotopic (exact) mass is 240 g/mol. The summed E-state index contributed by atoms with van der Waals surface area (Å²) in [5, 5.41) is 20.9. The van der Waals surface area contributed by atoms with Crippen molar-refractivity contribution in [3.8, 4) is 6.07 Å². The van der Waals surface area contributed by atoms with E-state index in [9.17, 15) is 0 Å². The smallest absolute Gasteiger partial charge is 0.0621 e. The molecule has 3 nitrogen and oxygen atoms in total. The lowest BCUT2D eigenvalue weighted by atomic mass is 9.85. The van der Waals surface area contributed by atoms with Gasteiger partial charge < -0.3 is 10.4 Å². The van der Waals surface area contributed by atoms with Gasteiger partial charge in [-0.15, -0.1) is 0 Å². The van der Waals surface area contributed by atoms with Crippen LogP contribution in [0.2, 0.25) is 0 Å². The zero-order valence-corrected chi connectivity index (χ0v) is 11.8. The van der Waals surface area contributed by atoms with Gasteiger partial charge in [0.05, 0.1) is 6.07 Å². The normalized spacial score (nSPS) is 12.5. The number of aliphatic hydroxyl groups excluding tert-OH is 1. The molecule has 0 radical (unpaired) electrons. The fourth-order valence-electron chi connectivity index (χ4n) is 1.87. The van der Waals surface area contributed by atoms with E-state index >= 15 is 0 Å². The predicted molar refractivity (Wildman–Crippen MR) is 71.6 cm³/mol. The molecule has 0 aromatic heterocycles. The Balaban J connectivity index is 3.85. The van der Waals surface area contributed by atoms with Crippen LogP contribution in [-0.4, -0.2) is 24.8 Å². The van der Waals surface area contributed by atoms with Gasteiger partial charge in [-0.1, -0.05) is 27.7 Å². The Morgan fingerprint density at radius 1 is 1.06 bits per heavy atom. The molecule has 0 bridgehead atoms. The summed E-state index contributed by atoms with van der Waals surface area (Å²) in [6.45, 7) is 11.0. The Hall–Kier alpha value is -0.590. The molecule has 0 unspecified atom stereocenters. The predicted octanol–water partition coefficient (Wildman–Crippen LogP) is 2.70. The SMILES string of the molecule is CC(C)(CCC#N)CNCC(C)(C)CCCO. The van der Waals surface area contributed by atoms with Crippen molar-refractivity contribution in [2.75, 3.05) is 19.7 Å². The van der Waals surface area contributed by atoms with Gasteiger partial charge in [-0.25, -0.2) is 0 Å². The maximum Gasteiger partial charge on any atom is 0.0621 e. The molecule has 0 aliphatic carbocycles. The average molecular weight is 240 g/mol. The van der Waals surface area contributed by atoms with Crippen LogP contribution in [0.25, 0.3) is 0 Å². The minimum absolute atomic E-state index is 0.183. The van der Waals surface area contributed by atoms with Gasteiger partial charge in [-0.2, -0.15) is 5.26 Å². The third-order valence-electron chi connectivity index (χ3n) is 3.13. The molecule has 100 valence electrons. The molecular formula is C14H28N2O. The molecule has 0 aliphatic heterocycles. The van der Waals surface area contributed by atoms with E-state index in [2.05, 4.69) is 39.1 Å². The van der Waals surface area contributed by atoms with E-state index in [0.29, 0.717) is 6.42 Å². The van der Waals surface area contributed by atoms with Crippen LogP contribution in [0.3, 0.4) is 0 Å². The Bertz CT molecular complexity index is 241. The Morgan fingerprint density at radius 2 is 1.59 bits per heavy atom. The molecule has 0 fully saturated rings. The van der Waals surface area contributed by atoms with Crippen molar-refractivity contribution in [3.05, 3.63) is 0 Å². The van der Waals surface area contributed by atoms with Crippen LogP contribution in [0.5, 0.6) is 0 Å². The Morgan fingerprint density at radius 3 is 2.06 bits per heavy atom. The fourth-order valence-corrected chi connectivity index (χ4v) is 1.87. The molecule has 0 aromatic rings. The topological polar surface area (TPSA) is 56.0 Å². The van der Waals surface area contributed by atoms with Crippen molar-refractivity contribution in [3.63, 3.8) is 0 Å². The molecule has 17 heavy (non-hydrogen) atoms. The number of aliphatic hydroxyl groups is 1. The van der Waals surface area contributed by atoms with Crippen LogP contribution in [0.4, 0.5) is 0 Å². The molecule has 0 saturated heterocycles. The standard InChI is InChI=1S/C14H28N2O/c1-13(2,7-5-9-15)11-16-12-14(3,4)8-6-10-17/h16-17H,5-8,10-12H2,1-4H3. The van der Waals surface area contributed by atoms with Gasteiger partial charge in [0.15, 0.2) is 0 Å². The molecule has 0 atom stereocenters. The highest BCUT2D eigenvalue weighted by Crippen LogP contribution is 2.23. The maximum absolute atomic E-state index is 8.83. The van der Waals surface area contributed by atoms with E-state index in [-0.39, 0.29) is 17.4 Å². The lowest BCUT2D eigenvalue weighted by Gasteiger charge is -2.29. The van der Waals surface area contributed by atoms with Crippen molar-refractivity contribution in [1.29, 1.82) is 5.26 Å². The summed E-state index contributed by atoms with van der Waals surface area (Å²) in [5.74, 6) is 0. The first-order valence-electron chi connectivity index (χ1n) is 6.51. The van der Waals surface area contributed by atoms with Crippen molar-refractivity contribution >= 4 is 0 Å². The molecule has 0 spiro atoms. The van der Waals surface area contributed by atoms with Gasteiger partial charge in [0.1, 0.15) is 0 Å². The van der Waals surface area contributed by atoms with Crippen LogP contribution in [0.1, 0.15) is 53.4 Å². The highest BCUT2D eigenvalue weighted by molar-refractivity contribution is 4.80. The lowest BCUT2D eigenvalue weighted by molar-refractivity contribution is 0.225. The van der Waals surface area contributed by atoms with Crippen molar-refractivity contribution in [1.82, 2.24) is 5.32 Å². The van der Waals surface area contributed by atoms with E-state index < -0.39 is 0 Å². The molecular weight excluding hydrogens is 212 g/mol. The second kappa shape index (κ2) is 7.68. The van der Waals surface area contributed by atoms with Crippen LogP contribution in [-0.2, 0) is 0 Å². The van der Waals surface area contributed by atoms with Gasteiger partial charge in [-0.3, -0.25) is 0 Å². The number of hydrogen-bond acceptors (Lipinski definition) is 3. The Kier molecular flexibility index (Phi) is 7.41. The Labute approximate surface area is 106 Å². The maximum atomic E-state index is 8.83. The third-order valence-corrected chi connectivity index (χ3v) is 3.13. The molecule has 0 amide bonds. The van der Waals surface area contributed by atoms with Gasteiger partial charge >= 0.3 is 0 Å². The highest BCUT2D eigenvalue weighted by Gasteiger charge is 2.20.